The fourth-order valence-electron chi connectivity index (χ4n) is 5.65. The highest BCUT2D eigenvalue weighted by Crippen LogP contribution is 2.34. The molecule has 0 saturated heterocycles. The van der Waals surface area contributed by atoms with Crippen molar-refractivity contribution in [2.24, 2.45) is 11.8 Å². The van der Waals surface area contributed by atoms with Crippen LogP contribution in [0.1, 0.15) is 116 Å². The van der Waals surface area contributed by atoms with E-state index in [9.17, 15) is 5.11 Å². The summed E-state index contributed by atoms with van der Waals surface area (Å²) in [6.07, 6.45) is 24.3. The summed E-state index contributed by atoms with van der Waals surface area (Å²) in [5, 5.41) is 10.6. The molecule has 25 heavy (non-hydrogen) atoms. The smallest absolute Gasteiger partial charge is 0.0608 e. The van der Waals surface area contributed by atoms with Crippen LogP contribution in [-0.4, -0.2) is 23.4 Å². The molecule has 2 nitrogen and oxygen atoms in total. The summed E-state index contributed by atoms with van der Waals surface area (Å²) in [5.74, 6) is 1.51. The molecule has 0 amide bonds. The van der Waals surface area contributed by atoms with E-state index < -0.39 is 0 Å². The Balaban J connectivity index is 1.67. The Kier molecular flexibility index (Phi) is 8.60. The lowest BCUT2D eigenvalue weighted by molar-refractivity contribution is -0.0709. The van der Waals surface area contributed by atoms with Crippen LogP contribution in [0.2, 0.25) is 0 Å². The van der Waals surface area contributed by atoms with Gasteiger partial charge in [-0.05, 0) is 56.8 Å². The topological polar surface area (TPSA) is 29.5 Å². The third kappa shape index (κ3) is 6.86. The molecule has 2 heteroatoms. The molecule has 4 saturated carbocycles. The largest absolute Gasteiger partial charge is 0.393 e. The molecule has 146 valence electrons. The molecule has 2 unspecified atom stereocenters. The second-order valence-corrected chi connectivity index (χ2v) is 9.30. The lowest BCUT2D eigenvalue weighted by Gasteiger charge is -2.34. The normalized spacial score (nSPS) is 37.3. The van der Waals surface area contributed by atoms with Crippen molar-refractivity contribution in [3.05, 3.63) is 0 Å². The Morgan fingerprint density at radius 1 is 0.560 bits per heavy atom. The summed E-state index contributed by atoms with van der Waals surface area (Å²) >= 11 is 0. The van der Waals surface area contributed by atoms with Crippen molar-refractivity contribution in [1.29, 1.82) is 0 Å². The van der Waals surface area contributed by atoms with E-state index in [-0.39, 0.29) is 6.10 Å². The Hall–Kier alpha value is -0.0800. The van der Waals surface area contributed by atoms with Crippen molar-refractivity contribution in [3.63, 3.8) is 0 Å². The second kappa shape index (κ2) is 10.9. The number of aliphatic hydroxyl groups excluding tert-OH is 1. The Morgan fingerprint density at radius 2 is 1.12 bits per heavy atom. The van der Waals surface area contributed by atoms with E-state index in [1.165, 1.54) is 96.3 Å². The minimum absolute atomic E-state index is 0.0954. The molecular weight excluding hydrogens is 308 g/mol. The second-order valence-electron chi connectivity index (χ2n) is 9.30. The number of aliphatic hydroxyl groups is 1. The molecule has 4 aliphatic carbocycles. The van der Waals surface area contributed by atoms with Crippen molar-refractivity contribution in [2.45, 2.75) is 134 Å². The molecule has 1 N–H and O–H groups in total. The van der Waals surface area contributed by atoms with Crippen molar-refractivity contribution < 1.29 is 9.84 Å². The Morgan fingerprint density at radius 3 is 1.76 bits per heavy atom. The predicted octanol–water partition coefficient (Wildman–Crippen LogP) is 6.40. The first kappa shape index (κ1) is 19.7. The average Bonchev–Trinajstić information content (AvgIpc) is 2.61. The van der Waals surface area contributed by atoms with Gasteiger partial charge in [-0.1, -0.05) is 70.6 Å². The standard InChI is InChI=1S/C23H42O2/c24-21-16-17-23(25-22-14-8-3-9-15-22)20-12-6-1-4-10-19(18-21)11-5-2-7-13-20/h19-24H,1-18H2. The summed E-state index contributed by atoms with van der Waals surface area (Å²) in [5.41, 5.74) is 0. The minimum Gasteiger partial charge on any atom is -0.393 e. The molecule has 0 aliphatic heterocycles. The van der Waals surface area contributed by atoms with Gasteiger partial charge in [0.05, 0.1) is 18.3 Å². The molecule has 2 atom stereocenters. The zero-order valence-corrected chi connectivity index (χ0v) is 16.5. The van der Waals surface area contributed by atoms with E-state index in [0.717, 1.165) is 31.1 Å². The van der Waals surface area contributed by atoms with Gasteiger partial charge in [0, 0.05) is 0 Å². The van der Waals surface area contributed by atoms with Gasteiger partial charge >= 0.3 is 0 Å². The Bertz CT molecular complexity index is 336. The summed E-state index contributed by atoms with van der Waals surface area (Å²) in [6.45, 7) is 0. The van der Waals surface area contributed by atoms with Gasteiger partial charge in [-0.2, -0.15) is 0 Å². The quantitative estimate of drug-likeness (QED) is 0.624. The van der Waals surface area contributed by atoms with Gasteiger partial charge in [0.2, 0.25) is 0 Å². The van der Waals surface area contributed by atoms with Crippen LogP contribution in [0, 0.1) is 11.8 Å². The molecule has 0 aromatic rings. The van der Waals surface area contributed by atoms with Crippen LogP contribution in [0.15, 0.2) is 0 Å². The Labute approximate surface area is 156 Å². The minimum atomic E-state index is -0.0954. The number of hydrogen-bond acceptors (Lipinski definition) is 2. The van der Waals surface area contributed by atoms with Gasteiger partial charge < -0.3 is 9.84 Å². The first-order valence-electron chi connectivity index (χ1n) is 11.6. The van der Waals surface area contributed by atoms with E-state index in [1.54, 1.807) is 0 Å². The molecule has 0 aromatic carbocycles. The molecule has 4 rings (SSSR count). The van der Waals surface area contributed by atoms with Crippen LogP contribution in [0.5, 0.6) is 0 Å². The van der Waals surface area contributed by atoms with E-state index >= 15 is 0 Å². The molecule has 0 aromatic heterocycles. The zero-order chi connectivity index (χ0) is 17.3. The van der Waals surface area contributed by atoms with Crippen LogP contribution in [0.25, 0.3) is 0 Å². The highest BCUT2D eigenvalue weighted by Gasteiger charge is 2.28. The molecular formula is C23H42O2. The monoisotopic (exact) mass is 350 g/mol. The SMILES string of the molecule is OC1CCC(OC2CCCCC2)C2CCCCCC(CCCCC2)C1. The van der Waals surface area contributed by atoms with Crippen LogP contribution in [-0.2, 0) is 4.74 Å². The highest BCUT2D eigenvalue weighted by atomic mass is 16.5. The number of ether oxygens (including phenoxy) is 1. The fourth-order valence-corrected chi connectivity index (χ4v) is 5.65. The molecule has 4 fully saturated rings. The van der Waals surface area contributed by atoms with Gasteiger partial charge in [-0.3, -0.25) is 0 Å². The van der Waals surface area contributed by atoms with Crippen molar-refractivity contribution in [1.82, 2.24) is 0 Å². The lowest BCUT2D eigenvalue weighted by Crippen LogP contribution is -2.32. The maximum atomic E-state index is 10.6. The van der Waals surface area contributed by atoms with Gasteiger partial charge in [0.25, 0.3) is 0 Å². The van der Waals surface area contributed by atoms with Crippen LogP contribution >= 0.6 is 0 Å². The molecule has 0 heterocycles. The maximum Gasteiger partial charge on any atom is 0.0608 e. The number of rotatable bonds is 2. The van der Waals surface area contributed by atoms with Crippen LogP contribution < -0.4 is 0 Å². The van der Waals surface area contributed by atoms with Crippen LogP contribution in [0.4, 0.5) is 0 Å². The van der Waals surface area contributed by atoms with E-state index in [4.69, 9.17) is 4.74 Å². The number of fused-ring (bicyclic) bond motifs is 12. The van der Waals surface area contributed by atoms with Crippen molar-refractivity contribution >= 4 is 0 Å². The van der Waals surface area contributed by atoms with Gasteiger partial charge in [-0.15, -0.1) is 0 Å². The molecule has 4 aliphatic rings. The maximum absolute atomic E-state index is 10.6. The van der Waals surface area contributed by atoms with Gasteiger partial charge in [0.1, 0.15) is 0 Å². The molecule has 0 radical (unpaired) electrons. The summed E-state index contributed by atoms with van der Waals surface area (Å²) in [6, 6.07) is 0. The third-order valence-corrected chi connectivity index (χ3v) is 7.21. The van der Waals surface area contributed by atoms with Gasteiger partial charge in [-0.25, -0.2) is 0 Å². The van der Waals surface area contributed by atoms with Gasteiger partial charge in [0.15, 0.2) is 0 Å². The highest BCUT2D eigenvalue weighted by molar-refractivity contribution is 4.79. The zero-order valence-electron chi connectivity index (χ0n) is 16.5. The third-order valence-electron chi connectivity index (χ3n) is 7.21. The lowest BCUT2D eigenvalue weighted by atomic mass is 9.81. The fraction of sp³-hybridized carbons (Fsp3) is 1.00. The first-order chi connectivity index (χ1) is 12.3. The summed E-state index contributed by atoms with van der Waals surface area (Å²) in [4.78, 5) is 0. The summed E-state index contributed by atoms with van der Waals surface area (Å²) in [7, 11) is 0. The first-order valence-corrected chi connectivity index (χ1v) is 11.6. The molecule has 2 bridgehead atoms. The van der Waals surface area contributed by atoms with Crippen LogP contribution in [0.3, 0.4) is 0 Å². The van der Waals surface area contributed by atoms with E-state index in [1.807, 2.05) is 0 Å². The molecule has 0 spiro atoms. The van der Waals surface area contributed by atoms with Crippen molar-refractivity contribution in [2.75, 3.05) is 0 Å². The number of hydrogen-bond donors (Lipinski definition) is 1. The summed E-state index contributed by atoms with van der Waals surface area (Å²) < 4.78 is 6.73. The average molecular weight is 351 g/mol. The van der Waals surface area contributed by atoms with Crippen molar-refractivity contribution in [3.8, 4) is 0 Å². The van der Waals surface area contributed by atoms with E-state index in [0.29, 0.717) is 12.2 Å². The van der Waals surface area contributed by atoms with E-state index in [2.05, 4.69) is 0 Å². The predicted molar refractivity (Wildman–Crippen MR) is 105 cm³/mol.